The van der Waals surface area contributed by atoms with Gasteiger partial charge >= 0.3 is 0 Å². The van der Waals surface area contributed by atoms with Gasteiger partial charge in [0.2, 0.25) is 10.0 Å². The van der Waals surface area contributed by atoms with E-state index < -0.39 is 15.8 Å². The number of hydrogen-bond acceptors (Lipinski definition) is 4. The van der Waals surface area contributed by atoms with Gasteiger partial charge in [0.05, 0.1) is 6.61 Å². The number of rotatable bonds is 9. The zero-order valence-corrected chi connectivity index (χ0v) is 12.4. The molecule has 0 saturated carbocycles. The van der Waals surface area contributed by atoms with Gasteiger partial charge in [-0.2, -0.15) is 0 Å². The van der Waals surface area contributed by atoms with Crippen molar-refractivity contribution in [2.45, 2.75) is 31.2 Å². The first-order valence-corrected chi connectivity index (χ1v) is 8.05. The summed E-state index contributed by atoms with van der Waals surface area (Å²) in [6, 6.07) is 3.85. The number of nitrogens with one attached hydrogen (secondary N) is 1. The summed E-state index contributed by atoms with van der Waals surface area (Å²) in [5, 5.41) is 0. The number of benzene rings is 1. The maximum atomic E-state index is 13.7. The van der Waals surface area contributed by atoms with Crippen molar-refractivity contribution in [2.24, 2.45) is 5.73 Å². The molecule has 0 aliphatic carbocycles. The molecule has 0 atom stereocenters. The fourth-order valence-electron chi connectivity index (χ4n) is 1.56. The van der Waals surface area contributed by atoms with Gasteiger partial charge in [-0.3, -0.25) is 0 Å². The molecule has 0 aliphatic heterocycles. The SMILES string of the molecule is CCCCOCCNS(=O)(=O)c1ccc(CN)cc1F. The van der Waals surface area contributed by atoms with E-state index in [0.717, 1.165) is 18.9 Å². The average Bonchev–Trinajstić information content (AvgIpc) is 2.42. The Morgan fingerprint density at radius 1 is 1.35 bits per heavy atom. The summed E-state index contributed by atoms with van der Waals surface area (Å²) in [5.41, 5.74) is 5.91. The molecule has 114 valence electrons. The second kappa shape index (κ2) is 8.31. The third-order valence-electron chi connectivity index (χ3n) is 2.70. The van der Waals surface area contributed by atoms with Crippen LogP contribution in [0.3, 0.4) is 0 Å². The highest BCUT2D eigenvalue weighted by Gasteiger charge is 2.18. The Morgan fingerprint density at radius 2 is 2.10 bits per heavy atom. The second-order valence-corrected chi connectivity index (χ2v) is 6.07. The lowest BCUT2D eigenvalue weighted by Crippen LogP contribution is -2.28. The summed E-state index contributed by atoms with van der Waals surface area (Å²) in [5.74, 6) is -0.799. The Balaban J connectivity index is 2.56. The number of halogens is 1. The van der Waals surface area contributed by atoms with Crippen LogP contribution < -0.4 is 10.5 Å². The highest BCUT2D eigenvalue weighted by Crippen LogP contribution is 2.15. The third kappa shape index (κ3) is 5.16. The lowest BCUT2D eigenvalue weighted by atomic mass is 10.2. The first-order valence-electron chi connectivity index (χ1n) is 6.57. The van der Waals surface area contributed by atoms with Crippen molar-refractivity contribution in [1.82, 2.24) is 4.72 Å². The van der Waals surface area contributed by atoms with E-state index in [0.29, 0.717) is 12.2 Å². The molecule has 1 aromatic carbocycles. The van der Waals surface area contributed by atoms with Gasteiger partial charge in [0.15, 0.2) is 0 Å². The van der Waals surface area contributed by atoms with E-state index in [2.05, 4.69) is 4.72 Å². The van der Waals surface area contributed by atoms with Crippen LogP contribution in [0.5, 0.6) is 0 Å². The Labute approximate surface area is 119 Å². The molecular weight excluding hydrogens is 283 g/mol. The van der Waals surface area contributed by atoms with Crippen molar-refractivity contribution < 1.29 is 17.5 Å². The molecule has 5 nitrogen and oxygen atoms in total. The largest absolute Gasteiger partial charge is 0.380 e. The zero-order valence-electron chi connectivity index (χ0n) is 11.6. The number of sulfonamides is 1. The Morgan fingerprint density at radius 3 is 2.70 bits per heavy atom. The van der Waals surface area contributed by atoms with Crippen LogP contribution in [0.15, 0.2) is 23.1 Å². The molecule has 7 heteroatoms. The maximum absolute atomic E-state index is 13.7. The van der Waals surface area contributed by atoms with Gasteiger partial charge in [-0.15, -0.1) is 0 Å². The molecule has 0 bridgehead atoms. The molecule has 0 amide bonds. The molecule has 0 saturated heterocycles. The molecule has 0 spiro atoms. The lowest BCUT2D eigenvalue weighted by molar-refractivity contribution is 0.136. The van der Waals surface area contributed by atoms with Gasteiger partial charge < -0.3 is 10.5 Å². The summed E-state index contributed by atoms with van der Waals surface area (Å²) >= 11 is 0. The Bertz CT molecular complexity index is 520. The van der Waals surface area contributed by atoms with Crippen molar-refractivity contribution in [3.63, 3.8) is 0 Å². The van der Waals surface area contributed by atoms with E-state index in [1.54, 1.807) is 0 Å². The number of hydrogen-bond donors (Lipinski definition) is 2. The lowest BCUT2D eigenvalue weighted by Gasteiger charge is -2.09. The second-order valence-electron chi connectivity index (χ2n) is 4.33. The molecule has 0 aliphatic rings. The Hall–Kier alpha value is -1.02. The highest BCUT2D eigenvalue weighted by molar-refractivity contribution is 7.89. The van der Waals surface area contributed by atoms with Crippen LogP contribution in [0.2, 0.25) is 0 Å². The maximum Gasteiger partial charge on any atom is 0.243 e. The normalized spacial score (nSPS) is 11.8. The molecule has 0 heterocycles. The smallest absolute Gasteiger partial charge is 0.243 e. The summed E-state index contributed by atoms with van der Waals surface area (Å²) < 4.78 is 45.1. The van der Waals surface area contributed by atoms with E-state index in [1.165, 1.54) is 12.1 Å². The average molecular weight is 304 g/mol. The van der Waals surface area contributed by atoms with Crippen LogP contribution in [0.1, 0.15) is 25.3 Å². The summed E-state index contributed by atoms with van der Waals surface area (Å²) in [6.45, 7) is 3.18. The number of unbranched alkanes of at least 4 members (excludes halogenated alkanes) is 1. The highest BCUT2D eigenvalue weighted by atomic mass is 32.2. The molecule has 0 fully saturated rings. The van der Waals surface area contributed by atoms with E-state index in [4.69, 9.17) is 10.5 Å². The molecule has 1 aromatic rings. The van der Waals surface area contributed by atoms with Gasteiger partial charge in [-0.25, -0.2) is 17.5 Å². The van der Waals surface area contributed by atoms with Crippen LogP contribution in [0.25, 0.3) is 0 Å². The molecular formula is C13H21FN2O3S. The van der Waals surface area contributed by atoms with Gasteiger partial charge in [0, 0.05) is 19.7 Å². The minimum Gasteiger partial charge on any atom is -0.380 e. The van der Waals surface area contributed by atoms with Crippen LogP contribution in [-0.2, 0) is 21.3 Å². The topological polar surface area (TPSA) is 81.4 Å². The quantitative estimate of drug-likeness (QED) is 0.675. The van der Waals surface area contributed by atoms with Crippen LogP contribution in [0.4, 0.5) is 4.39 Å². The standard InChI is InChI=1S/C13H21FN2O3S/c1-2-3-7-19-8-6-16-20(17,18)13-5-4-11(10-15)9-12(13)14/h4-5,9,16H,2-3,6-8,10,15H2,1H3. The van der Waals surface area contributed by atoms with Gasteiger partial charge in [0.1, 0.15) is 10.7 Å². The minimum atomic E-state index is -3.85. The van der Waals surface area contributed by atoms with Crippen molar-refractivity contribution in [3.8, 4) is 0 Å². The molecule has 20 heavy (non-hydrogen) atoms. The predicted octanol–water partition coefficient (Wildman–Crippen LogP) is 1.38. The number of ether oxygens (including phenoxy) is 1. The third-order valence-corrected chi connectivity index (χ3v) is 4.20. The Kier molecular flexibility index (Phi) is 7.08. The van der Waals surface area contributed by atoms with Crippen molar-refractivity contribution >= 4 is 10.0 Å². The molecule has 0 aromatic heterocycles. The monoisotopic (exact) mass is 304 g/mol. The minimum absolute atomic E-state index is 0.115. The van der Waals surface area contributed by atoms with Crippen LogP contribution >= 0.6 is 0 Å². The summed E-state index contributed by atoms with van der Waals surface area (Å²) in [4.78, 5) is -0.372. The fourth-order valence-corrected chi connectivity index (χ4v) is 2.63. The van der Waals surface area contributed by atoms with E-state index >= 15 is 0 Å². The first kappa shape index (κ1) is 17.0. The summed E-state index contributed by atoms with van der Waals surface area (Å²) in [6.07, 6.45) is 1.95. The van der Waals surface area contributed by atoms with Gasteiger partial charge in [-0.1, -0.05) is 19.4 Å². The first-order chi connectivity index (χ1) is 9.51. The van der Waals surface area contributed by atoms with Crippen molar-refractivity contribution in [2.75, 3.05) is 19.8 Å². The van der Waals surface area contributed by atoms with E-state index in [1.807, 2.05) is 6.92 Å². The van der Waals surface area contributed by atoms with Crippen LogP contribution in [0, 0.1) is 5.82 Å². The molecule has 0 unspecified atom stereocenters. The molecule has 3 N–H and O–H groups in total. The zero-order chi connectivity index (χ0) is 15.0. The predicted molar refractivity (Wildman–Crippen MR) is 75.2 cm³/mol. The fraction of sp³-hybridized carbons (Fsp3) is 0.538. The molecule has 0 radical (unpaired) electrons. The van der Waals surface area contributed by atoms with E-state index in [9.17, 15) is 12.8 Å². The number of nitrogens with two attached hydrogens (primary N) is 1. The van der Waals surface area contributed by atoms with Crippen LogP contribution in [-0.4, -0.2) is 28.2 Å². The van der Waals surface area contributed by atoms with Gasteiger partial charge in [0.25, 0.3) is 0 Å². The van der Waals surface area contributed by atoms with E-state index in [-0.39, 0.29) is 24.6 Å². The summed E-state index contributed by atoms with van der Waals surface area (Å²) in [7, 11) is -3.85. The van der Waals surface area contributed by atoms with Crippen molar-refractivity contribution in [3.05, 3.63) is 29.6 Å². The van der Waals surface area contributed by atoms with Gasteiger partial charge in [-0.05, 0) is 24.1 Å². The molecule has 1 rings (SSSR count). The van der Waals surface area contributed by atoms with Crippen molar-refractivity contribution in [1.29, 1.82) is 0 Å².